The summed E-state index contributed by atoms with van der Waals surface area (Å²) in [6.45, 7) is 0. The number of rotatable bonds is 5. The molecule has 0 atom stereocenters. The molecule has 2 aliphatic rings. The zero-order chi connectivity index (χ0) is 52.9. The molecule has 0 aliphatic carbocycles. The fourth-order valence-electron chi connectivity index (χ4n) is 13.6. The molecule has 3 aromatic heterocycles. The van der Waals surface area contributed by atoms with Crippen LogP contribution in [0, 0.1) is 0 Å². The first kappa shape index (κ1) is 44.0. The Morgan fingerprint density at radius 3 is 1.05 bits per heavy atom. The highest BCUT2D eigenvalue weighted by atomic mass is 16.3. The van der Waals surface area contributed by atoms with Gasteiger partial charge in [0.1, 0.15) is 11.2 Å². The number of hydrogen-bond donors (Lipinski definition) is 0. The molecular weight excluding hydrogens is 991 g/mol. The third kappa shape index (κ3) is 6.11. The van der Waals surface area contributed by atoms with E-state index in [2.05, 4.69) is 291 Å². The van der Waals surface area contributed by atoms with Crippen molar-refractivity contribution in [1.29, 1.82) is 0 Å². The van der Waals surface area contributed by atoms with Crippen LogP contribution < -0.4 is 19.6 Å². The SMILES string of the molecule is c1ccc(-n2c3ccccc3c3cc4c(cc32)N(c2c3ccccc3c(N3c5ccccc5N(c5cccc6c5oc5ccccc56)c5ccccc53)c3ccccc23)c2ccccc2N4c2cccc3c2oc2ccccc23)cc1. The Labute approximate surface area is 464 Å². The summed E-state index contributed by atoms with van der Waals surface area (Å²) in [5.41, 5.74) is 19.4. The summed E-state index contributed by atoms with van der Waals surface area (Å²) in [7, 11) is 0. The number of nitrogens with zero attached hydrogens (tertiary/aromatic N) is 5. The molecule has 0 bridgehead atoms. The number of aromatic nitrogens is 1. The summed E-state index contributed by atoms with van der Waals surface area (Å²) in [5.74, 6) is 0. The van der Waals surface area contributed by atoms with Gasteiger partial charge < -0.3 is 33.0 Å². The number of para-hydroxylation sites is 12. The van der Waals surface area contributed by atoms with E-state index in [4.69, 9.17) is 8.83 Å². The molecule has 13 aromatic carbocycles. The van der Waals surface area contributed by atoms with Gasteiger partial charge in [-0.1, -0.05) is 182 Å². The Bertz CT molecular complexity index is 5200. The third-order valence-corrected chi connectivity index (χ3v) is 16.9. The summed E-state index contributed by atoms with van der Waals surface area (Å²) in [6, 6.07) is 98.8. The van der Waals surface area contributed by atoms with Crippen LogP contribution in [0.5, 0.6) is 0 Å². The average molecular weight is 1040 g/mol. The lowest BCUT2D eigenvalue weighted by atomic mass is 9.93. The second-order valence-electron chi connectivity index (χ2n) is 21.1. The summed E-state index contributed by atoms with van der Waals surface area (Å²) in [6.07, 6.45) is 0. The maximum Gasteiger partial charge on any atom is 0.159 e. The predicted octanol–water partition coefficient (Wildman–Crippen LogP) is 21.4. The first-order chi connectivity index (χ1) is 40.2. The topological polar surface area (TPSA) is 44.2 Å². The molecule has 0 fully saturated rings. The lowest BCUT2D eigenvalue weighted by molar-refractivity contribution is 0.668. The number of benzene rings is 13. The molecule has 7 nitrogen and oxygen atoms in total. The van der Waals surface area contributed by atoms with Crippen LogP contribution in [0.1, 0.15) is 0 Å². The van der Waals surface area contributed by atoms with Crippen molar-refractivity contribution in [3.63, 3.8) is 0 Å². The Balaban J connectivity index is 0.926. The van der Waals surface area contributed by atoms with Crippen molar-refractivity contribution in [3.8, 4) is 5.69 Å². The van der Waals surface area contributed by atoms with Gasteiger partial charge in [-0.05, 0) is 91.0 Å². The van der Waals surface area contributed by atoms with E-state index in [0.717, 1.165) is 156 Å². The van der Waals surface area contributed by atoms with E-state index < -0.39 is 0 Å². The lowest BCUT2D eigenvalue weighted by Crippen LogP contribution is -2.25. The third-order valence-electron chi connectivity index (χ3n) is 16.9. The van der Waals surface area contributed by atoms with Gasteiger partial charge in [0.25, 0.3) is 0 Å². The van der Waals surface area contributed by atoms with Gasteiger partial charge in [-0.15, -0.1) is 0 Å². The highest BCUT2D eigenvalue weighted by Crippen LogP contribution is 2.62. The van der Waals surface area contributed by atoms with Gasteiger partial charge >= 0.3 is 0 Å². The Morgan fingerprint density at radius 2 is 0.556 bits per heavy atom. The zero-order valence-corrected chi connectivity index (χ0v) is 43.5. The largest absolute Gasteiger partial charge is 0.454 e. The highest BCUT2D eigenvalue weighted by Gasteiger charge is 2.38. The minimum Gasteiger partial charge on any atom is -0.454 e. The highest BCUT2D eigenvalue weighted by molar-refractivity contribution is 6.27. The first-order valence-electron chi connectivity index (χ1n) is 27.6. The predicted molar refractivity (Wildman–Crippen MR) is 336 cm³/mol. The van der Waals surface area contributed by atoms with Crippen molar-refractivity contribution >= 4 is 155 Å². The van der Waals surface area contributed by atoms with Gasteiger partial charge in [0.15, 0.2) is 11.2 Å². The van der Waals surface area contributed by atoms with Crippen LogP contribution in [0.25, 0.3) is 92.9 Å². The molecule has 5 heterocycles. The molecular formula is C74H45N5O2. The fraction of sp³-hybridized carbons (Fsp3) is 0. The van der Waals surface area contributed by atoms with Gasteiger partial charge in [-0.25, -0.2) is 0 Å². The second kappa shape index (κ2) is 16.7. The quantitative estimate of drug-likeness (QED) is 0.160. The van der Waals surface area contributed by atoms with E-state index in [0.29, 0.717) is 0 Å². The van der Waals surface area contributed by atoms with Crippen LogP contribution in [0.15, 0.2) is 282 Å². The van der Waals surface area contributed by atoms with Crippen molar-refractivity contribution in [1.82, 2.24) is 4.57 Å². The van der Waals surface area contributed by atoms with Crippen LogP contribution in [0.4, 0.5) is 68.2 Å². The van der Waals surface area contributed by atoms with Gasteiger partial charge in [0.2, 0.25) is 0 Å². The van der Waals surface area contributed by atoms with Crippen molar-refractivity contribution in [2.45, 2.75) is 0 Å². The molecule has 0 saturated heterocycles. The number of anilines is 12. The molecule has 81 heavy (non-hydrogen) atoms. The van der Waals surface area contributed by atoms with Crippen LogP contribution >= 0.6 is 0 Å². The Hall–Kier alpha value is -11.0. The van der Waals surface area contributed by atoms with Crippen molar-refractivity contribution < 1.29 is 8.83 Å². The van der Waals surface area contributed by atoms with Crippen LogP contribution in [-0.2, 0) is 0 Å². The molecule has 378 valence electrons. The molecule has 18 rings (SSSR count). The van der Waals surface area contributed by atoms with Crippen LogP contribution in [0.3, 0.4) is 0 Å². The average Bonchev–Trinajstić information content (AvgIpc) is 4.26. The first-order valence-corrected chi connectivity index (χ1v) is 27.6. The lowest BCUT2D eigenvalue weighted by Gasteiger charge is -2.43. The molecule has 0 spiro atoms. The Morgan fingerprint density at radius 1 is 0.210 bits per heavy atom. The fourth-order valence-corrected chi connectivity index (χ4v) is 13.6. The maximum atomic E-state index is 6.93. The number of fused-ring (bicyclic) bond motifs is 15. The second-order valence-corrected chi connectivity index (χ2v) is 21.1. The number of furan rings is 2. The minimum atomic E-state index is 0.842. The summed E-state index contributed by atoms with van der Waals surface area (Å²) in [5, 5.41) is 11.2. The molecule has 0 unspecified atom stereocenters. The van der Waals surface area contributed by atoms with E-state index in [1.54, 1.807) is 0 Å². The summed E-state index contributed by atoms with van der Waals surface area (Å²) in [4.78, 5) is 9.88. The van der Waals surface area contributed by atoms with Gasteiger partial charge in [-0.3, -0.25) is 0 Å². The molecule has 0 radical (unpaired) electrons. The van der Waals surface area contributed by atoms with Crippen molar-refractivity contribution in [3.05, 3.63) is 273 Å². The van der Waals surface area contributed by atoms with Crippen molar-refractivity contribution in [2.24, 2.45) is 0 Å². The molecule has 0 saturated carbocycles. The summed E-state index contributed by atoms with van der Waals surface area (Å²) >= 11 is 0. The van der Waals surface area contributed by atoms with Crippen molar-refractivity contribution in [2.75, 3.05) is 19.6 Å². The Kier molecular flexibility index (Phi) is 9.10. The summed E-state index contributed by atoms with van der Waals surface area (Å²) < 4.78 is 16.1. The van der Waals surface area contributed by atoms with E-state index in [1.807, 2.05) is 6.07 Å². The number of hydrogen-bond acceptors (Lipinski definition) is 6. The molecule has 2 aliphatic heterocycles. The molecule has 7 heteroatoms. The maximum absolute atomic E-state index is 6.93. The van der Waals surface area contributed by atoms with E-state index in [-0.39, 0.29) is 0 Å². The van der Waals surface area contributed by atoms with E-state index in [1.165, 1.54) is 5.39 Å². The molecule has 0 N–H and O–H groups in total. The van der Waals surface area contributed by atoms with Gasteiger partial charge in [-0.2, -0.15) is 0 Å². The minimum absolute atomic E-state index is 0.842. The molecule has 16 aromatic rings. The smallest absolute Gasteiger partial charge is 0.159 e. The van der Waals surface area contributed by atoms with E-state index in [9.17, 15) is 0 Å². The van der Waals surface area contributed by atoms with E-state index >= 15 is 0 Å². The normalized spacial score (nSPS) is 13.1. The van der Waals surface area contributed by atoms with Gasteiger partial charge in [0, 0.05) is 59.5 Å². The molecule has 0 amide bonds. The standard InChI is InChI=1S/C74H45N5O2/c1-2-22-46(23-3-1)75-57-33-11-8-24-47(57)56-44-67-68(45-66(56)75)79(63-39-17-14-36-60(63)77(67)65-41-21-32-55-49-26-10-19-43-70(49)81-74(55)65)72-52-29-6-4-27-50(52)71(51-28-5-7-30-53(51)72)78-61-37-15-12-34-58(61)76(59-35-13-16-38-62(59)78)64-40-20-31-54-48-25-9-18-42-69(48)80-73(54)64/h1-45H. The van der Waals surface area contributed by atoms with Crippen LogP contribution in [0.2, 0.25) is 0 Å². The van der Waals surface area contributed by atoms with Crippen LogP contribution in [-0.4, -0.2) is 4.57 Å². The monoisotopic (exact) mass is 1040 g/mol. The van der Waals surface area contributed by atoms with Gasteiger partial charge in [0.05, 0.1) is 79.3 Å². The zero-order valence-electron chi connectivity index (χ0n) is 43.5.